The summed E-state index contributed by atoms with van der Waals surface area (Å²) in [5.41, 5.74) is 0.587. The van der Waals surface area contributed by atoms with E-state index in [9.17, 15) is 9.59 Å². The summed E-state index contributed by atoms with van der Waals surface area (Å²) in [5.74, 6) is 0.518. The Morgan fingerprint density at radius 1 is 1.30 bits per heavy atom. The van der Waals surface area contributed by atoms with Crippen LogP contribution >= 0.6 is 0 Å². The summed E-state index contributed by atoms with van der Waals surface area (Å²) in [5, 5.41) is 3.21. The largest absolute Gasteiger partial charge is 0.481 e. The molecule has 1 aromatic rings. The van der Waals surface area contributed by atoms with E-state index in [-0.39, 0.29) is 11.7 Å². The molecule has 1 amide bonds. The van der Waals surface area contributed by atoms with Gasteiger partial charge in [0.15, 0.2) is 11.9 Å². The minimum atomic E-state index is -0.546. The number of carbonyl (C=O) groups is 2. The second kappa shape index (κ2) is 6.52. The minimum Gasteiger partial charge on any atom is -0.481 e. The average Bonchev–Trinajstić information content (AvgIpc) is 2.47. The van der Waals surface area contributed by atoms with E-state index in [4.69, 9.17) is 4.74 Å². The van der Waals surface area contributed by atoms with Gasteiger partial charge in [0.05, 0.1) is 0 Å². The molecule has 0 bridgehead atoms. The predicted octanol–water partition coefficient (Wildman–Crippen LogP) is 1.09. The van der Waals surface area contributed by atoms with Gasteiger partial charge in [-0.3, -0.25) is 9.59 Å². The van der Waals surface area contributed by atoms with Gasteiger partial charge in [0.25, 0.3) is 5.91 Å². The normalized spacial score (nSPS) is 16.6. The van der Waals surface area contributed by atoms with E-state index >= 15 is 0 Å². The van der Waals surface area contributed by atoms with Crippen LogP contribution in [0.4, 0.5) is 0 Å². The number of carbonyl (C=O) groups excluding carboxylic acids is 2. The van der Waals surface area contributed by atoms with Gasteiger partial charge in [-0.05, 0) is 26.0 Å². The van der Waals surface area contributed by atoms with Crippen molar-refractivity contribution in [3.8, 4) is 5.75 Å². The Kier molecular flexibility index (Phi) is 4.74. The molecule has 1 saturated heterocycles. The Balaban J connectivity index is 1.99. The molecule has 108 valence electrons. The Labute approximate surface area is 118 Å². The molecule has 1 aromatic carbocycles. The van der Waals surface area contributed by atoms with E-state index in [1.54, 1.807) is 36.1 Å². The molecule has 0 saturated carbocycles. The third-order valence-corrected chi connectivity index (χ3v) is 3.33. The molecule has 2 rings (SSSR count). The average molecular weight is 276 g/mol. The third-order valence-electron chi connectivity index (χ3n) is 3.33. The van der Waals surface area contributed by atoms with Crippen LogP contribution in [0.3, 0.4) is 0 Å². The molecule has 5 nitrogen and oxygen atoms in total. The van der Waals surface area contributed by atoms with Gasteiger partial charge in [0, 0.05) is 31.7 Å². The third kappa shape index (κ3) is 3.57. The van der Waals surface area contributed by atoms with Crippen molar-refractivity contribution < 1.29 is 14.3 Å². The first-order valence-electron chi connectivity index (χ1n) is 6.85. The molecule has 1 unspecified atom stereocenters. The number of benzene rings is 1. The number of Topliss-reactive ketones (excluding diaryl/α,β-unsaturated/α-hetero) is 1. The van der Waals surface area contributed by atoms with Crippen LogP contribution < -0.4 is 10.1 Å². The summed E-state index contributed by atoms with van der Waals surface area (Å²) in [4.78, 5) is 25.4. The molecule has 5 heteroatoms. The monoisotopic (exact) mass is 276 g/mol. The number of ether oxygens (including phenoxy) is 1. The summed E-state index contributed by atoms with van der Waals surface area (Å²) in [7, 11) is 0. The van der Waals surface area contributed by atoms with Crippen molar-refractivity contribution >= 4 is 11.7 Å². The minimum absolute atomic E-state index is 0.0141. The van der Waals surface area contributed by atoms with Crippen LogP contribution in [-0.2, 0) is 4.79 Å². The van der Waals surface area contributed by atoms with E-state index in [1.165, 1.54) is 6.92 Å². The smallest absolute Gasteiger partial charge is 0.263 e. The van der Waals surface area contributed by atoms with Gasteiger partial charge in [-0.25, -0.2) is 0 Å². The molecule has 0 aliphatic carbocycles. The molecule has 1 atom stereocenters. The second-order valence-corrected chi connectivity index (χ2v) is 4.92. The zero-order chi connectivity index (χ0) is 14.5. The zero-order valence-electron chi connectivity index (χ0n) is 11.9. The molecule has 20 heavy (non-hydrogen) atoms. The van der Waals surface area contributed by atoms with E-state index < -0.39 is 6.10 Å². The molecule has 1 N–H and O–H groups in total. The SMILES string of the molecule is CC(=O)c1cccc(OC(C)C(=O)N2CCNCC2)c1. The number of ketones is 1. The van der Waals surface area contributed by atoms with E-state index in [0.29, 0.717) is 24.4 Å². The number of amides is 1. The molecule has 1 fully saturated rings. The molecular formula is C15H20N2O3. The van der Waals surface area contributed by atoms with Crippen LogP contribution in [0.2, 0.25) is 0 Å². The maximum Gasteiger partial charge on any atom is 0.263 e. The van der Waals surface area contributed by atoms with E-state index in [2.05, 4.69) is 5.32 Å². The van der Waals surface area contributed by atoms with Gasteiger partial charge in [0.1, 0.15) is 5.75 Å². The number of hydrogen-bond acceptors (Lipinski definition) is 4. The maximum absolute atomic E-state index is 12.2. The topological polar surface area (TPSA) is 58.6 Å². The Hall–Kier alpha value is -1.88. The lowest BCUT2D eigenvalue weighted by molar-refractivity contribution is -0.138. The summed E-state index contributed by atoms with van der Waals surface area (Å²) < 4.78 is 5.66. The molecular weight excluding hydrogens is 256 g/mol. The van der Waals surface area contributed by atoms with Crippen molar-refractivity contribution in [2.45, 2.75) is 20.0 Å². The fourth-order valence-corrected chi connectivity index (χ4v) is 2.19. The van der Waals surface area contributed by atoms with Gasteiger partial charge in [-0.1, -0.05) is 12.1 Å². The first-order valence-corrected chi connectivity index (χ1v) is 6.85. The van der Waals surface area contributed by atoms with Crippen molar-refractivity contribution in [1.82, 2.24) is 10.2 Å². The van der Waals surface area contributed by atoms with Gasteiger partial charge in [0.2, 0.25) is 0 Å². The molecule has 0 aromatic heterocycles. The van der Waals surface area contributed by atoms with Crippen molar-refractivity contribution in [2.24, 2.45) is 0 Å². The molecule has 1 aliphatic rings. The highest BCUT2D eigenvalue weighted by Crippen LogP contribution is 2.16. The zero-order valence-corrected chi connectivity index (χ0v) is 11.9. The predicted molar refractivity (Wildman–Crippen MR) is 76.0 cm³/mol. The summed E-state index contributed by atoms with van der Waals surface area (Å²) in [6.07, 6.45) is -0.546. The van der Waals surface area contributed by atoms with Crippen molar-refractivity contribution in [1.29, 1.82) is 0 Å². The van der Waals surface area contributed by atoms with Gasteiger partial charge in [-0.2, -0.15) is 0 Å². The molecule has 1 aliphatic heterocycles. The highest BCUT2D eigenvalue weighted by Gasteiger charge is 2.23. The Morgan fingerprint density at radius 3 is 2.65 bits per heavy atom. The second-order valence-electron chi connectivity index (χ2n) is 4.92. The molecule has 0 radical (unpaired) electrons. The Morgan fingerprint density at radius 2 is 2.00 bits per heavy atom. The van der Waals surface area contributed by atoms with Gasteiger partial charge >= 0.3 is 0 Å². The fourth-order valence-electron chi connectivity index (χ4n) is 2.19. The summed E-state index contributed by atoms with van der Waals surface area (Å²) >= 11 is 0. The number of hydrogen-bond donors (Lipinski definition) is 1. The van der Waals surface area contributed by atoms with Crippen LogP contribution in [0.15, 0.2) is 24.3 Å². The number of rotatable bonds is 4. The lowest BCUT2D eigenvalue weighted by Gasteiger charge is -2.29. The molecule has 1 heterocycles. The maximum atomic E-state index is 12.2. The van der Waals surface area contributed by atoms with Crippen LogP contribution in [-0.4, -0.2) is 48.9 Å². The number of nitrogens with one attached hydrogen (secondary N) is 1. The van der Waals surface area contributed by atoms with Crippen molar-refractivity contribution in [3.63, 3.8) is 0 Å². The highest BCUT2D eigenvalue weighted by atomic mass is 16.5. The number of piperazine rings is 1. The highest BCUT2D eigenvalue weighted by molar-refractivity contribution is 5.94. The lowest BCUT2D eigenvalue weighted by atomic mass is 10.1. The summed E-state index contributed by atoms with van der Waals surface area (Å²) in [6, 6.07) is 6.92. The standard InChI is InChI=1S/C15H20N2O3/c1-11(18)13-4-3-5-14(10-13)20-12(2)15(19)17-8-6-16-7-9-17/h3-5,10,12,16H,6-9H2,1-2H3. The van der Waals surface area contributed by atoms with Crippen LogP contribution in [0.25, 0.3) is 0 Å². The van der Waals surface area contributed by atoms with Crippen LogP contribution in [0, 0.1) is 0 Å². The van der Waals surface area contributed by atoms with Gasteiger partial charge < -0.3 is 15.0 Å². The Bertz CT molecular complexity index is 496. The van der Waals surface area contributed by atoms with Gasteiger partial charge in [-0.15, -0.1) is 0 Å². The van der Waals surface area contributed by atoms with E-state index in [0.717, 1.165) is 13.1 Å². The number of nitrogens with zero attached hydrogens (tertiary/aromatic N) is 1. The lowest BCUT2D eigenvalue weighted by Crippen LogP contribution is -2.50. The van der Waals surface area contributed by atoms with Crippen LogP contribution in [0.5, 0.6) is 5.75 Å². The quantitative estimate of drug-likeness (QED) is 0.836. The van der Waals surface area contributed by atoms with E-state index in [1.807, 2.05) is 0 Å². The van der Waals surface area contributed by atoms with Crippen molar-refractivity contribution in [3.05, 3.63) is 29.8 Å². The first-order chi connectivity index (χ1) is 9.58. The van der Waals surface area contributed by atoms with Crippen molar-refractivity contribution in [2.75, 3.05) is 26.2 Å². The summed E-state index contributed by atoms with van der Waals surface area (Å²) in [6.45, 7) is 6.30. The van der Waals surface area contributed by atoms with Crippen LogP contribution in [0.1, 0.15) is 24.2 Å². The first kappa shape index (κ1) is 14.5. The fraction of sp³-hybridized carbons (Fsp3) is 0.467. The molecule has 0 spiro atoms.